The normalized spacial score (nSPS) is 20.3. The van der Waals surface area contributed by atoms with Gasteiger partial charge in [0, 0.05) is 16.0 Å². The molecule has 3 aromatic rings. The zero-order chi connectivity index (χ0) is 27.6. The van der Waals surface area contributed by atoms with Crippen LogP contribution in [0.1, 0.15) is 18.7 Å². The van der Waals surface area contributed by atoms with Crippen molar-refractivity contribution in [1.29, 1.82) is 0 Å². The summed E-state index contributed by atoms with van der Waals surface area (Å²) in [7, 11) is -3.89. The first-order valence-corrected chi connectivity index (χ1v) is 14.5. The molecule has 0 aliphatic carbocycles. The molecule has 1 fully saturated rings. The fourth-order valence-electron chi connectivity index (χ4n) is 4.68. The second-order valence-corrected chi connectivity index (χ2v) is 13.1. The Hall–Kier alpha value is -3.33. The fraction of sp³-hybridized carbons (Fsp3) is 0.250. The first-order valence-electron chi connectivity index (χ1n) is 11.3. The minimum Gasteiger partial charge on any atom is -0.325 e. The third-order valence-corrected chi connectivity index (χ3v) is 10.3. The lowest BCUT2D eigenvalue weighted by Crippen LogP contribution is -2.41. The molecule has 2 aromatic carbocycles. The lowest BCUT2D eigenvalue weighted by Gasteiger charge is -2.36. The number of aromatic nitrogens is 1. The van der Waals surface area contributed by atoms with Crippen molar-refractivity contribution >= 4 is 62.2 Å². The van der Waals surface area contributed by atoms with E-state index in [1.54, 1.807) is 13.8 Å². The Labute approximate surface area is 224 Å². The van der Waals surface area contributed by atoms with E-state index in [0.29, 0.717) is 15.6 Å². The van der Waals surface area contributed by atoms with E-state index in [1.807, 2.05) is 0 Å². The molecule has 38 heavy (non-hydrogen) atoms. The SMILES string of the molecule is CC1(C)c2sc(=O)n(CC(=O)Nc3ccc(S(N)(=O)=O)cc3)c2S[C@@H]2C(=O)N(c3ccc(F)cc3)C(=O)[C@@H]21. The highest BCUT2D eigenvalue weighted by Gasteiger charge is 2.59. The van der Waals surface area contributed by atoms with Crippen LogP contribution in [0, 0.1) is 11.7 Å². The zero-order valence-electron chi connectivity index (χ0n) is 20.0. The quantitative estimate of drug-likeness (QED) is 0.443. The highest BCUT2D eigenvalue weighted by atomic mass is 32.2. The van der Waals surface area contributed by atoms with Gasteiger partial charge in [-0.05, 0) is 48.5 Å². The van der Waals surface area contributed by atoms with Gasteiger partial charge in [0.15, 0.2) is 0 Å². The number of rotatable bonds is 5. The number of primary sulfonamides is 1. The van der Waals surface area contributed by atoms with Crippen molar-refractivity contribution in [1.82, 2.24) is 4.57 Å². The predicted octanol–water partition coefficient (Wildman–Crippen LogP) is 2.28. The number of carbonyl (C=O) groups is 3. The van der Waals surface area contributed by atoms with Crippen LogP contribution in [0.4, 0.5) is 15.8 Å². The summed E-state index contributed by atoms with van der Waals surface area (Å²) in [5.41, 5.74) is -0.318. The highest BCUT2D eigenvalue weighted by Crippen LogP contribution is 2.54. The summed E-state index contributed by atoms with van der Waals surface area (Å²) in [6.45, 7) is 3.22. The maximum Gasteiger partial charge on any atom is 0.308 e. The van der Waals surface area contributed by atoms with Crippen LogP contribution in [0.2, 0.25) is 0 Å². The van der Waals surface area contributed by atoms with E-state index in [-0.39, 0.29) is 17.1 Å². The Morgan fingerprint density at radius 3 is 2.29 bits per heavy atom. The van der Waals surface area contributed by atoms with Crippen LogP contribution in [0.3, 0.4) is 0 Å². The smallest absolute Gasteiger partial charge is 0.308 e. The van der Waals surface area contributed by atoms with E-state index in [4.69, 9.17) is 5.14 Å². The lowest BCUT2D eigenvalue weighted by atomic mass is 9.76. The molecular weight excluding hydrogens is 555 g/mol. The molecule has 0 spiro atoms. The molecule has 1 aromatic heterocycles. The van der Waals surface area contributed by atoms with Gasteiger partial charge < -0.3 is 5.32 Å². The van der Waals surface area contributed by atoms with Crippen LogP contribution in [-0.4, -0.2) is 36.0 Å². The molecule has 0 radical (unpaired) electrons. The van der Waals surface area contributed by atoms with Gasteiger partial charge in [0.1, 0.15) is 17.6 Å². The number of nitrogens with one attached hydrogen (secondary N) is 1. The molecule has 14 heteroatoms. The lowest BCUT2D eigenvalue weighted by molar-refractivity contribution is -0.123. The average molecular weight is 577 g/mol. The number of benzene rings is 2. The Kier molecular flexibility index (Phi) is 6.33. The number of halogens is 1. The number of nitrogens with zero attached hydrogens (tertiary/aromatic N) is 2. The van der Waals surface area contributed by atoms with E-state index < -0.39 is 55.0 Å². The molecule has 198 valence electrons. The van der Waals surface area contributed by atoms with Crippen molar-refractivity contribution in [3.8, 4) is 0 Å². The van der Waals surface area contributed by atoms with Crippen LogP contribution in [0.25, 0.3) is 0 Å². The number of sulfonamides is 1. The van der Waals surface area contributed by atoms with Gasteiger partial charge in [0.2, 0.25) is 27.7 Å². The van der Waals surface area contributed by atoms with Crippen molar-refractivity contribution in [3.05, 3.63) is 68.9 Å². The highest BCUT2D eigenvalue weighted by molar-refractivity contribution is 8.00. The molecule has 0 bridgehead atoms. The molecule has 3 N–H and O–H groups in total. The van der Waals surface area contributed by atoms with Gasteiger partial charge in [0.05, 0.1) is 21.5 Å². The van der Waals surface area contributed by atoms with E-state index in [9.17, 15) is 32.0 Å². The maximum absolute atomic E-state index is 13.4. The number of nitrogens with two attached hydrogens (primary N) is 1. The molecular formula is C24H21FN4O6S3. The maximum atomic E-state index is 13.4. The molecule has 2 atom stereocenters. The van der Waals surface area contributed by atoms with E-state index in [0.717, 1.165) is 28.0 Å². The van der Waals surface area contributed by atoms with Gasteiger partial charge in [-0.15, -0.1) is 0 Å². The Bertz CT molecular complexity index is 1650. The summed E-state index contributed by atoms with van der Waals surface area (Å²) in [5, 5.41) is 7.31. The molecule has 10 nitrogen and oxygen atoms in total. The number of imide groups is 1. The van der Waals surface area contributed by atoms with Crippen molar-refractivity contribution < 1.29 is 27.2 Å². The summed E-state index contributed by atoms with van der Waals surface area (Å²) < 4.78 is 37.6. The third kappa shape index (κ3) is 4.36. The molecule has 5 rings (SSSR count). The average Bonchev–Trinajstić information content (AvgIpc) is 3.28. The predicted molar refractivity (Wildman–Crippen MR) is 140 cm³/mol. The van der Waals surface area contributed by atoms with Crippen molar-refractivity contribution in [3.63, 3.8) is 0 Å². The number of hydrogen-bond donors (Lipinski definition) is 2. The van der Waals surface area contributed by atoms with Gasteiger partial charge in [-0.2, -0.15) is 0 Å². The third-order valence-electron chi connectivity index (χ3n) is 6.56. The second-order valence-electron chi connectivity index (χ2n) is 9.43. The topological polar surface area (TPSA) is 149 Å². The molecule has 0 unspecified atom stereocenters. The number of fused-ring (bicyclic) bond motifs is 2. The number of carbonyl (C=O) groups excluding carboxylic acids is 3. The molecule has 2 aliphatic rings. The fourth-order valence-corrected chi connectivity index (χ4v) is 8.24. The molecule has 0 saturated carbocycles. The van der Waals surface area contributed by atoms with Crippen molar-refractivity contribution in [2.45, 2.75) is 41.0 Å². The number of thioether (sulfide) groups is 1. The number of amides is 3. The molecule has 1 saturated heterocycles. The molecule has 2 aliphatic heterocycles. The van der Waals surface area contributed by atoms with Crippen LogP contribution in [0.15, 0.2) is 63.2 Å². The van der Waals surface area contributed by atoms with Crippen molar-refractivity contribution in [2.24, 2.45) is 11.1 Å². The Balaban J connectivity index is 1.42. The van der Waals surface area contributed by atoms with Gasteiger partial charge in [-0.1, -0.05) is 36.9 Å². The summed E-state index contributed by atoms with van der Waals surface area (Å²) >= 11 is 1.99. The van der Waals surface area contributed by atoms with Gasteiger partial charge in [-0.3, -0.25) is 23.7 Å². The number of anilines is 2. The Morgan fingerprint density at radius 1 is 1.05 bits per heavy atom. The second kappa shape index (κ2) is 9.15. The zero-order valence-corrected chi connectivity index (χ0v) is 22.5. The summed E-state index contributed by atoms with van der Waals surface area (Å²) in [6, 6.07) is 10.3. The van der Waals surface area contributed by atoms with E-state index in [1.165, 1.54) is 53.1 Å². The van der Waals surface area contributed by atoms with Crippen LogP contribution in [-0.2, 0) is 36.4 Å². The van der Waals surface area contributed by atoms with E-state index >= 15 is 0 Å². The molecule has 3 heterocycles. The van der Waals surface area contributed by atoms with Crippen LogP contribution >= 0.6 is 23.1 Å². The number of thiazole rings is 1. The standard InChI is InChI=1S/C24H21FN4O6S3/c1-24(2)17-18(21(32)29(20(17)31)14-7-3-12(25)4-8-14)36-22-19(24)37-23(33)28(22)11-16(30)27-13-5-9-15(10-6-13)38(26,34)35/h3-10,17-18H,11H2,1-2H3,(H,27,30)(H2,26,34,35)/t17-,18+/m1/s1. The van der Waals surface area contributed by atoms with Gasteiger partial charge in [-0.25, -0.2) is 22.8 Å². The minimum atomic E-state index is -3.89. The van der Waals surface area contributed by atoms with E-state index in [2.05, 4.69) is 5.32 Å². The monoisotopic (exact) mass is 576 g/mol. The van der Waals surface area contributed by atoms with Gasteiger partial charge in [0.25, 0.3) is 0 Å². The molecule has 3 amide bonds. The number of hydrogen-bond acceptors (Lipinski definition) is 8. The van der Waals surface area contributed by atoms with Crippen molar-refractivity contribution in [2.75, 3.05) is 10.2 Å². The minimum absolute atomic E-state index is 0.114. The van der Waals surface area contributed by atoms with Crippen LogP contribution in [0.5, 0.6) is 0 Å². The van der Waals surface area contributed by atoms with Crippen LogP contribution < -0.4 is 20.2 Å². The summed E-state index contributed by atoms with van der Waals surface area (Å²) in [5.74, 6) is -2.69. The summed E-state index contributed by atoms with van der Waals surface area (Å²) in [6.07, 6.45) is 0. The summed E-state index contributed by atoms with van der Waals surface area (Å²) in [4.78, 5) is 53.7. The van der Waals surface area contributed by atoms with Gasteiger partial charge >= 0.3 is 4.87 Å². The first kappa shape index (κ1) is 26.3. The Morgan fingerprint density at radius 2 is 1.68 bits per heavy atom. The largest absolute Gasteiger partial charge is 0.325 e. The first-order chi connectivity index (χ1) is 17.8.